The number of anilines is 1. The summed E-state index contributed by atoms with van der Waals surface area (Å²) in [5, 5.41) is 9.95. The van der Waals surface area contributed by atoms with Crippen LogP contribution in [0.25, 0.3) is 10.9 Å². The number of benzene rings is 1. The molecule has 6 nitrogen and oxygen atoms in total. The predicted octanol–water partition coefficient (Wildman–Crippen LogP) is 2.43. The molecule has 2 aromatic heterocycles. The van der Waals surface area contributed by atoms with Gasteiger partial charge in [-0.25, -0.2) is 4.98 Å². The van der Waals surface area contributed by atoms with Gasteiger partial charge in [0.1, 0.15) is 11.9 Å². The van der Waals surface area contributed by atoms with Crippen molar-refractivity contribution in [3.63, 3.8) is 0 Å². The van der Waals surface area contributed by atoms with Crippen LogP contribution in [0.3, 0.4) is 0 Å². The molecule has 0 saturated carbocycles. The number of rotatable bonds is 3. The SMILES string of the molecule is Cc1ccc2[nH]c(=O)c(CN3CCN(c4ccc(C#N)cn4)CC3)cc2c1. The molecule has 0 radical (unpaired) electrons. The Morgan fingerprint density at radius 1 is 1.15 bits per heavy atom. The molecular weight excluding hydrogens is 338 g/mol. The van der Waals surface area contributed by atoms with Crippen LogP contribution in [0.1, 0.15) is 16.7 Å². The van der Waals surface area contributed by atoms with Gasteiger partial charge >= 0.3 is 0 Å². The molecule has 1 aliphatic rings. The molecule has 0 spiro atoms. The summed E-state index contributed by atoms with van der Waals surface area (Å²) in [5.74, 6) is 0.896. The van der Waals surface area contributed by atoms with Gasteiger partial charge in [0.25, 0.3) is 5.56 Å². The summed E-state index contributed by atoms with van der Waals surface area (Å²) in [6, 6.07) is 13.9. The molecule has 0 aliphatic carbocycles. The van der Waals surface area contributed by atoms with Gasteiger partial charge in [-0.1, -0.05) is 11.6 Å². The highest BCUT2D eigenvalue weighted by Gasteiger charge is 2.19. The summed E-state index contributed by atoms with van der Waals surface area (Å²) in [4.78, 5) is 24.3. The summed E-state index contributed by atoms with van der Waals surface area (Å²) in [7, 11) is 0. The molecule has 1 aromatic carbocycles. The van der Waals surface area contributed by atoms with E-state index in [0.717, 1.165) is 48.5 Å². The average Bonchev–Trinajstić information content (AvgIpc) is 2.69. The lowest BCUT2D eigenvalue weighted by Gasteiger charge is -2.35. The van der Waals surface area contributed by atoms with E-state index in [-0.39, 0.29) is 5.56 Å². The molecule has 1 fully saturated rings. The largest absolute Gasteiger partial charge is 0.354 e. The summed E-state index contributed by atoms with van der Waals surface area (Å²) in [6.07, 6.45) is 1.61. The summed E-state index contributed by atoms with van der Waals surface area (Å²) in [6.45, 7) is 6.14. The number of hydrogen-bond acceptors (Lipinski definition) is 5. The maximum Gasteiger partial charge on any atom is 0.252 e. The molecule has 0 atom stereocenters. The van der Waals surface area contributed by atoms with Gasteiger partial charge in [-0.2, -0.15) is 5.26 Å². The molecule has 136 valence electrons. The molecule has 0 amide bonds. The second-order valence-corrected chi connectivity index (χ2v) is 6.99. The maximum absolute atomic E-state index is 12.4. The lowest BCUT2D eigenvalue weighted by molar-refractivity contribution is 0.248. The first-order valence-electron chi connectivity index (χ1n) is 9.08. The Morgan fingerprint density at radius 3 is 2.67 bits per heavy atom. The normalized spacial score (nSPS) is 15.0. The Hall–Kier alpha value is -3.17. The minimum Gasteiger partial charge on any atom is -0.354 e. The molecule has 1 N–H and O–H groups in total. The maximum atomic E-state index is 12.4. The Morgan fingerprint density at radius 2 is 1.96 bits per heavy atom. The summed E-state index contributed by atoms with van der Waals surface area (Å²) in [5.41, 5.74) is 3.43. The van der Waals surface area contributed by atoms with Crippen LogP contribution >= 0.6 is 0 Å². The monoisotopic (exact) mass is 359 g/mol. The first-order valence-corrected chi connectivity index (χ1v) is 9.08. The third-order valence-corrected chi connectivity index (χ3v) is 5.04. The average molecular weight is 359 g/mol. The smallest absolute Gasteiger partial charge is 0.252 e. The highest BCUT2D eigenvalue weighted by Crippen LogP contribution is 2.17. The lowest BCUT2D eigenvalue weighted by atomic mass is 10.1. The van der Waals surface area contributed by atoms with Crippen molar-refractivity contribution in [3.05, 3.63) is 69.6 Å². The molecule has 27 heavy (non-hydrogen) atoms. The fourth-order valence-corrected chi connectivity index (χ4v) is 3.50. The van der Waals surface area contributed by atoms with E-state index in [4.69, 9.17) is 5.26 Å². The summed E-state index contributed by atoms with van der Waals surface area (Å²) >= 11 is 0. The van der Waals surface area contributed by atoms with E-state index in [1.165, 1.54) is 5.56 Å². The van der Waals surface area contributed by atoms with Crippen molar-refractivity contribution in [1.29, 1.82) is 5.26 Å². The van der Waals surface area contributed by atoms with Gasteiger partial charge in [-0.3, -0.25) is 9.69 Å². The number of aryl methyl sites for hydroxylation is 1. The molecule has 0 bridgehead atoms. The van der Waals surface area contributed by atoms with Crippen LogP contribution in [0.4, 0.5) is 5.82 Å². The van der Waals surface area contributed by atoms with Crippen LogP contribution in [0, 0.1) is 18.3 Å². The first-order chi connectivity index (χ1) is 13.1. The fourth-order valence-electron chi connectivity index (χ4n) is 3.50. The number of nitrogens with one attached hydrogen (secondary N) is 1. The number of pyridine rings is 2. The first kappa shape index (κ1) is 17.3. The van der Waals surface area contributed by atoms with Crippen LogP contribution in [0.5, 0.6) is 0 Å². The Balaban J connectivity index is 1.44. The van der Waals surface area contributed by atoms with E-state index < -0.39 is 0 Å². The standard InChI is InChI=1S/C21H21N5O/c1-15-2-4-19-17(10-15)11-18(21(27)24-19)14-25-6-8-26(9-7-25)20-5-3-16(12-22)13-23-20/h2-5,10-11,13H,6-9,14H2,1H3,(H,24,27). The number of aromatic amines is 1. The number of nitrogens with zero attached hydrogens (tertiary/aromatic N) is 4. The lowest BCUT2D eigenvalue weighted by Crippen LogP contribution is -2.46. The third kappa shape index (κ3) is 3.69. The van der Waals surface area contributed by atoms with Gasteiger partial charge < -0.3 is 9.88 Å². The molecule has 3 heterocycles. The third-order valence-electron chi connectivity index (χ3n) is 5.04. The van der Waals surface area contributed by atoms with Crippen molar-refractivity contribution in [1.82, 2.24) is 14.9 Å². The van der Waals surface area contributed by atoms with Crippen molar-refractivity contribution in [2.24, 2.45) is 0 Å². The highest BCUT2D eigenvalue weighted by atomic mass is 16.1. The molecular formula is C21H21N5O. The van der Waals surface area contributed by atoms with Gasteiger partial charge in [-0.05, 0) is 42.6 Å². The van der Waals surface area contributed by atoms with Crippen LogP contribution < -0.4 is 10.5 Å². The number of piperazine rings is 1. The fraction of sp³-hybridized carbons (Fsp3) is 0.286. The van der Waals surface area contributed by atoms with Crippen LogP contribution in [0.2, 0.25) is 0 Å². The Bertz CT molecular complexity index is 1060. The minimum absolute atomic E-state index is 0.0115. The zero-order valence-corrected chi connectivity index (χ0v) is 15.3. The zero-order valence-electron chi connectivity index (χ0n) is 15.3. The predicted molar refractivity (Wildman–Crippen MR) is 106 cm³/mol. The molecule has 6 heteroatoms. The van der Waals surface area contributed by atoms with Gasteiger partial charge in [0.15, 0.2) is 0 Å². The van der Waals surface area contributed by atoms with Gasteiger partial charge in [-0.15, -0.1) is 0 Å². The number of fused-ring (bicyclic) bond motifs is 1. The molecule has 0 unspecified atom stereocenters. The Kier molecular flexibility index (Phi) is 4.61. The highest BCUT2D eigenvalue weighted by molar-refractivity contribution is 5.79. The van der Waals surface area contributed by atoms with Crippen molar-refractivity contribution >= 4 is 16.7 Å². The van der Waals surface area contributed by atoms with Gasteiger partial charge in [0.05, 0.1) is 5.56 Å². The number of aromatic nitrogens is 2. The van der Waals surface area contributed by atoms with E-state index in [1.807, 2.05) is 24.3 Å². The minimum atomic E-state index is -0.0115. The molecule has 3 aromatic rings. The second kappa shape index (κ2) is 7.22. The van der Waals surface area contributed by atoms with E-state index in [2.05, 4.69) is 38.8 Å². The molecule has 1 aliphatic heterocycles. The van der Waals surface area contributed by atoms with Crippen LogP contribution in [-0.2, 0) is 6.54 Å². The second-order valence-electron chi connectivity index (χ2n) is 6.99. The summed E-state index contributed by atoms with van der Waals surface area (Å²) < 4.78 is 0. The van der Waals surface area contributed by atoms with Crippen molar-refractivity contribution in [2.75, 3.05) is 31.1 Å². The van der Waals surface area contributed by atoms with Crippen molar-refractivity contribution in [2.45, 2.75) is 13.5 Å². The van der Waals surface area contributed by atoms with E-state index >= 15 is 0 Å². The van der Waals surface area contributed by atoms with Crippen LogP contribution in [0.15, 0.2) is 47.4 Å². The van der Waals surface area contributed by atoms with E-state index in [1.54, 1.807) is 12.3 Å². The molecule has 4 rings (SSSR count). The number of hydrogen-bond donors (Lipinski definition) is 1. The topological polar surface area (TPSA) is 76.0 Å². The van der Waals surface area contributed by atoms with Crippen LogP contribution in [-0.4, -0.2) is 41.0 Å². The van der Waals surface area contributed by atoms with Gasteiger partial charge in [0.2, 0.25) is 0 Å². The number of H-pyrrole nitrogens is 1. The van der Waals surface area contributed by atoms with Crippen molar-refractivity contribution < 1.29 is 0 Å². The zero-order chi connectivity index (χ0) is 18.8. The quantitative estimate of drug-likeness (QED) is 0.777. The van der Waals surface area contributed by atoms with Crippen molar-refractivity contribution in [3.8, 4) is 6.07 Å². The van der Waals surface area contributed by atoms with Gasteiger partial charge in [0, 0.05) is 50.0 Å². The van der Waals surface area contributed by atoms with E-state index in [9.17, 15) is 4.79 Å². The van der Waals surface area contributed by atoms with E-state index in [0.29, 0.717) is 12.1 Å². The molecule has 1 saturated heterocycles. The Labute approximate surface area is 157 Å². The number of nitriles is 1.